The van der Waals surface area contributed by atoms with E-state index in [4.69, 9.17) is 9.41 Å². The van der Waals surface area contributed by atoms with E-state index in [9.17, 15) is 0 Å². The van der Waals surface area contributed by atoms with Crippen LogP contribution in [0.5, 0.6) is 0 Å². The summed E-state index contributed by atoms with van der Waals surface area (Å²) < 4.78 is 5.80. The van der Waals surface area contributed by atoms with Crippen LogP contribution in [0, 0.1) is 0 Å². The summed E-state index contributed by atoms with van der Waals surface area (Å²) in [6, 6.07) is 20.2. The lowest BCUT2D eigenvalue weighted by molar-refractivity contribution is 0.605. The molecule has 2 aromatic carbocycles. The predicted molar refractivity (Wildman–Crippen MR) is 113 cm³/mol. The highest BCUT2D eigenvalue weighted by Crippen LogP contribution is 2.32. The fraction of sp³-hybridized carbons (Fsp3) is 0.0435. The van der Waals surface area contributed by atoms with Gasteiger partial charge in [0.05, 0.1) is 5.71 Å². The number of oxazole rings is 1. The molecule has 0 saturated carbocycles. The Morgan fingerprint density at radius 3 is 2.83 bits per heavy atom. The molecule has 0 spiro atoms. The Hall–Kier alpha value is -4.06. The van der Waals surface area contributed by atoms with Crippen LogP contribution in [0.1, 0.15) is 11.1 Å². The number of pyridine rings is 2. The second-order valence-electron chi connectivity index (χ2n) is 6.83. The van der Waals surface area contributed by atoms with E-state index < -0.39 is 0 Å². The number of fused-ring (bicyclic) bond motifs is 4. The molecule has 6 nitrogen and oxygen atoms in total. The first kappa shape index (κ1) is 15.9. The van der Waals surface area contributed by atoms with E-state index in [-0.39, 0.29) is 0 Å². The van der Waals surface area contributed by atoms with Crippen LogP contribution in [0.2, 0.25) is 0 Å². The Morgan fingerprint density at radius 2 is 1.86 bits per heavy atom. The van der Waals surface area contributed by atoms with Crippen molar-refractivity contribution in [2.75, 3.05) is 12.0 Å². The molecule has 138 valence electrons. The fourth-order valence-corrected chi connectivity index (χ4v) is 3.77. The normalized spacial score (nSPS) is 13.2. The molecule has 6 rings (SSSR count). The Labute approximate surface area is 166 Å². The lowest BCUT2D eigenvalue weighted by Gasteiger charge is -2.21. The van der Waals surface area contributed by atoms with Crippen molar-refractivity contribution in [3.05, 3.63) is 84.2 Å². The van der Waals surface area contributed by atoms with Gasteiger partial charge in [-0.3, -0.25) is 9.98 Å². The minimum Gasteiger partial charge on any atom is -0.416 e. The summed E-state index contributed by atoms with van der Waals surface area (Å²) in [5.74, 6) is 0.452. The topological polar surface area (TPSA) is 76.2 Å². The minimum absolute atomic E-state index is 0.452. The van der Waals surface area contributed by atoms with E-state index in [1.54, 1.807) is 12.4 Å². The van der Waals surface area contributed by atoms with E-state index in [0.29, 0.717) is 29.5 Å². The van der Waals surface area contributed by atoms with Crippen molar-refractivity contribution in [3.63, 3.8) is 0 Å². The Balaban J connectivity index is 1.51. The lowest BCUT2D eigenvalue weighted by atomic mass is 9.94. The molecule has 0 saturated heterocycles. The van der Waals surface area contributed by atoms with E-state index in [2.05, 4.69) is 50.6 Å². The van der Waals surface area contributed by atoms with Gasteiger partial charge in [0, 0.05) is 29.2 Å². The smallest absolute Gasteiger partial charge is 0.248 e. The number of hydrogen-bond acceptors (Lipinski definition) is 6. The molecule has 5 aromatic rings. The second kappa shape index (κ2) is 6.24. The summed E-state index contributed by atoms with van der Waals surface area (Å²) in [4.78, 5) is 18.0. The van der Waals surface area contributed by atoms with Crippen LogP contribution in [-0.4, -0.2) is 27.3 Å². The van der Waals surface area contributed by atoms with E-state index >= 15 is 0 Å². The van der Waals surface area contributed by atoms with Crippen LogP contribution >= 0.6 is 0 Å². The first-order valence-corrected chi connectivity index (χ1v) is 9.36. The first-order chi connectivity index (χ1) is 14.4. The summed E-state index contributed by atoms with van der Waals surface area (Å²) in [6.45, 7) is 0.533. The van der Waals surface area contributed by atoms with Crippen molar-refractivity contribution in [1.29, 1.82) is 0 Å². The molecule has 0 aliphatic carbocycles. The van der Waals surface area contributed by atoms with Crippen molar-refractivity contribution >= 4 is 33.4 Å². The largest absolute Gasteiger partial charge is 0.416 e. The lowest BCUT2D eigenvalue weighted by Crippen LogP contribution is -2.17. The molecule has 4 heterocycles. The monoisotopic (exact) mass is 377 g/mol. The second-order valence-corrected chi connectivity index (χ2v) is 6.83. The average Bonchev–Trinajstić information content (AvgIpc) is 3.23. The van der Waals surface area contributed by atoms with Gasteiger partial charge < -0.3 is 9.73 Å². The third-order valence-corrected chi connectivity index (χ3v) is 5.09. The number of aliphatic imine (C=N–C) groups is 1. The summed E-state index contributed by atoms with van der Waals surface area (Å²) in [7, 11) is 0. The fourth-order valence-electron chi connectivity index (χ4n) is 3.77. The zero-order chi connectivity index (χ0) is 19.2. The van der Waals surface area contributed by atoms with Gasteiger partial charge in [-0.15, -0.1) is 0 Å². The Kier molecular flexibility index (Phi) is 3.43. The van der Waals surface area contributed by atoms with Crippen LogP contribution in [0.25, 0.3) is 33.6 Å². The Morgan fingerprint density at radius 1 is 0.897 bits per heavy atom. The molecule has 1 N–H and O–H groups in total. The standard InChI is InChI=1S/C23H15N5O/c1-2-5-16-14(4-1)7-8-17-20(16)21(27-13-26-17)15-9-11-24-19(12-15)23-28-18-6-3-10-25-22(18)29-23/h1-12,26H,13H2. The van der Waals surface area contributed by atoms with Crippen LogP contribution in [-0.2, 0) is 0 Å². The first-order valence-electron chi connectivity index (χ1n) is 9.36. The average molecular weight is 377 g/mol. The number of hydrogen-bond donors (Lipinski definition) is 1. The summed E-state index contributed by atoms with van der Waals surface area (Å²) in [6.07, 6.45) is 3.45. The van der Waals surface area contributed by atoms with E-state index in [1.807, 2.05) is 30.3 Å². The van der Waals surface area contributed by atoms with Crippen LogP contribution in [0.3, 0.4) is 0 Å². The maximum Gasteiger partial charge on any atom is 0.248 e. The molecule has 1 aliphatic heterocycles. The molecular formula is C23H15N5O. The van der Waals surface area contributed by atoms with Gasteiger partial charge in [-0.05, 0) is 41.1 Å². The number of nitrogens with one attached hydrogen (secondary N) is 1. The van der Waals surface area contributed by atoms with Crippen LogP contribution < -0.4 is 5.32 Å². The van der Waals surface area contributed by atoms with Gasteiger partial charge in [-0.1, -0.05) is 30.3 Å². The molecule has 0 atom stereocenters. The van der Waals surface area contributed by atoms with Gasteiger partial charge >= 0.3 is 0 Å². The SMILES string of the molecule is c1ccc2c3c(ccc2c1)NCN=C3c1ccnc(-c2nc3cccnc3o2)c1. The third kappa shape index (κ3) is 2.57. The van der Waals surface area contributed by atoms with Crippen molar-refractivity contribution in [1.82, 2.24) is 15.0 Å². The summed E-state index contributed by atoms with van der Waals surface area (Å²) in [5.41, 5.74) is 5.97. The van der Waals surface area contributed by atoms with Crippen molar-refractivity contribution < 1.29 is 4.42 Å². The third-order valence-electron chi connectivity index (χ3n) is 5.09. The van der Waals surface area contributed by atoms with E-state index in [1.165, 1.54) is 10.8 Å². The number of anilines is 1. The van der Waals surface area contributed by atoms with Gasteiger partial charge in [0.2, 0.25) is 11.6 Å². The van der Waals surface area contributed by atoms with Gasteiger partial charge in [-0.25, -0.2) is 9.97 Å². The Bertz CT molecular complexity index is 1390. The molecule has 0 amide bonds. The molecule has 0 fully saturated rings. The quantitative estimate of drug-likeness (QED) is 0.484. The van der Waals surface area contributed by atoms with Gasteiger partial charge in [0.25, 0.3) is 0 Å². The van der Waals surface area contributed by atoms with Crippen molar-refractivity contribution in [3.8, 4) is 11.6 Å². The molecule has 6 heteroatoms. The minimum atomic E-state index is 0.452. The molecule has 3 aromatic heterocycles. The van der Waals surface area contributed by atoms with Gasteiger partial charge in [0.1, 0.15) is 17.9 Å². The molecule has 0 bridgehead atoms. The zero-order valence-electron chi connectivity index (χ0n) is 15.3. The highest BCUT2D eigenvalue weighted by molar-refractivity contribution is 6.23. The van der Waals surface area contributed by atoms with Crippen molar-refractivity contribution in [2.45, 2.75) is 0 Å². The molecular weight excluding hydrogens is 362 g/mol. The van der Waals surface area contributed by atoms with Gasteiger partial charge in [-0.2, -0.15) is 0 Å². The molecule has 0 unspecified atom stereocenters. The van der Waals surface area contributed by atoms with Crippen LogP contribution in [0.4, 0.5) is 5.69 Å². The van der Waals surface area contributed by atoms with Gasteiger partial charge in [0.15, 0.2) is 0 Å². The number of aromatic nitrogens is 3. The molecule has 1 aliphatic rings. The van der Waals surface area contributed by atoms with E-state index in [0.717, 1.165) is 22.5 Å². The maximum absolute atomic E-state index is 5.80. The maximum atomic E-state index is 5.80. The zero-order valence-corrected chi connectivity index (χ0v) is 15.3. The molecule has 0 radical (unpaired) electrons. The number of benzene rings is 2. The summed E-state index contributed by atoms with van der Waals surface area (Å²) in [5, 5.41) is 5.73. The van der Waals surface area contributed by atoms with Crippen LogP contribution in [0.15, 0.2) is 82.5 Å². The van der Waals surface area contributed by atoms with Crippen molar-refractivity contribution in [2.24, 2.45) is 4.99 Å². The predicted octanol–water partition coefficient (Wildman–Crippen LogP) is 4.66. The number of rotatable bonds is 2. The highest BCUT2D eigenvalue weighted by atomic mass is 16.4. The number of nitrogens with zero attached hydrogens (tertiary/aromatic N) is 4. The molecule has 29 heavy (non-hydrogen) atoms. The summed E-state index contributed by atoms with van der Waals surface area (Å²) >= 11 is 0. The highest BCUT2D eigenvalue weighted by Gasteiger charge is 2.20.